The number of piperidine rings is 1. The molecule has 1 heterocycles. The molecule has 0 radical (unpaired) electrons. The summed E-state index contributed by atoms with van der Waals surface area (Å²) in [6, 6.07) is 22.5. The largest absolute Gasteiger partial charge is 0.338 e. The lowest BCUT2D eigenvalue weighted by molar-refractivity contribution is 0.0683. The molecule has 1 atom stereocenters. The van der Waals surface area contributed by atoms with Crippen molar-refractivity contribution in [1.29, 1.82) is 0 Å². The van der Waals surface area contributed by atoms with Crippen LogP contribution < -0.4 is 4.31 Å². The van der Waals surface area contributed by atoms with Crippen LogP contribution in [0.25, 0.3) is 0 Å². The van der Waals surface area contributed by atoms with Gasteiger partial charge in [-0.05, 0) is 54.7 Å². The molecule has 4 rings (SSSR count). The first-order chi connectivity index (χ1) is 15.9. The van der Waals surface area contributed by atoms with Crippen molar-refractivity contribution in [2.75, 3.05) is 17.4 Å². The van der Waals surface area contributed by atoms with Crippen molar-refractivity contribution in [1.82, 2.24) is 4.90 Å². The number of hydrogen-bond acceptors (Lipinski definition) is 3. The van der Waals surface area contributed by atoms with Gasteiger partial charge in [0.1, 0.15) is 0 Å². The van der Waals surface area contributed by atoms with Crippen LogP contribution in [0.5, 0.6) is 0 Å². The number of amides is 1. The minimum atomic E-state index is -3.99. The quantitative estimate of drug-likeness (QED) is 0.459. The molecule has 1 fully saturated rings. The van der Waals surface area contributed by atoms with E-state index < -0.39 is 10.0 Å². The smallest absolute Gasteiger partial charge is 0.264 e. The first-order valence-corrected chi connectivity index (χ1v) is 12.9. The topological polar surface area (TPSA) is 57.7 Å². The standard InChI is InChI=1S/C26H27ClN2O3S/c1-20-9-8-16-28(18-20)26(30)22-12-7-13-23(17-22)33(31,32)29(19-21-10-3-2-4-11-21)25-15-6-5-14-24(25)27/h2-7,10-15,17,20H,8-9,16,18-19H2,1H3. The number of anilines is 1. The molecule has 0 spiro atoms. The number of hydrogen-bond donors (Lipinski definition) is 0. The van der Waals surface area contributed by atoms with Crippen LogP contribution in [0.3, 0.4) is 0 Å². The lowest BCUT2D eigenvalue weighted by atomic mass is 9.99. The highest BCUT2D eigenvalue weighted by atomic mass is 35.5. The van der Waals surface area contributed by atoms with Gasteiger partial charge >= 0.3 is 0 Å². The lowest BCUT2D eigenvalue weighted by Crippen LogP contribution is -2.39. The van der Waals surface area contributed by atoms with Crippen LogP contribution in [0.2, 0.25) is 5.02 Å². The second-order valence-electron chi connectivity index (χ2n) is 8.48. The summed E-state index contributed by atoms with van der Waals surface area (Å²) in [5.74, 6) is 0.308. The van der Waals surface area contributed by atoms with Gasteiger partial charge in [0.2, 0.25) is 0 Å². The van der Waals surface area contributed by atoms with Gasteiger partial charge in [-0.1, -0.05) is 67.1 Å². The predicted octanol–water partition coefficient (Wildman–Crippen LogP) is 5.61. The molecule has 172 valence electrons. The number of likely N-dealkylation sites (tertiary alicyclic amines) is 1. The third-order valence-corrected chi connectivity index (χ3v) is 7.98. The van der Waals surface area contributed by atoms with Crippen molar-refractivity contribution in [3.05, 3.63) is 95.0 Å². The van der Waals surface area contributed by atoms with E-state index in [1.807, 2.05) is 35.2 Å². The van der Waals surface area contributed by atoms with Crippen molar-refractivity contribution in [3.63, 3.8) is 0 Å². The Labute approximate surface area is 200 Å². The van der Waals surface area contributed by atoms with Gasteiger partial charge in [0.05, 0.1) is 22.2 Å². The summed E-state index contributed by atoms with van der Waals surface area (Å²) in [6.45, 7) is 3.63. The van der Waals surface area contributed by atoms with E-state index in [0.717, 1.165) is 18.4 Å². The summed E-state index contributed by atoms with van der Waals surface area (Å²) >= 11 is 6.41. The van der Waals surface area contributed by atoms with Gasteiger partial charge in [-0.15, -0.1) is 0 Å². The zero-order chi connectivity index (χ0) is 23.4. The molecule has 1 unspecified atom stereocenters. The second-order valence-corrected chi connectivity index (χ2v) is 10.7. The average Bonchev–Trinajstić information content (AvgIpc) is 2.83. The summed E-state index contributed by atoms with van der Waals surface area (Å²) in [6.07, 6.45) is 2.06. The van der Waals surface area contributed by atoms with Gasteiger partial charge in [-0.2, -0.15) is 0 Å². The Morgan fingerprint density at radius 3 is 2.48 bits per heavy atom. The Morgan fingerprint density at radius 2 is 1.76 bits per heavy atom. The molecule has 7 heteroatoms. The number of para-hydroxylation sites is 1. The lowest BCUT2D eigenvalue weighted by Gasteiger charge is -2.31. The number of sulfonamides is 1. The van der Waals surface area contributed by atoms with Crippen LogP contribution in [0.1, 0.15) is 35.7 Å². The van der Waals surface area contributed by atoms with Crippen LogP contribution in [0.15, 0.2) is 83.8 Å². The second kappa shape index (κ2) is 9.98. The molecule has 3 aromatic rings. The van der Waals surface area contributed by atoms with Gasteiger partial charge in [-0.25, -0.2) is 8.42 Å². The molecule has 1 saturated heterocycles. The normalized spacial score (nSPS) is 16.4. The Hall–Kier alpha value is -2.83. The van der Waals surface area contributed by atoms with Crippen LogP contribution in [0, 0.1) is 5.92 Å². The highest BCUT2D eigenvalue weighted by Gasteiger charge is 2.29. The van der Waals surface area contributed by atoms with Crippen LogP contribution in [0.4, 0.5) is 5.69 Å². The monoisotopic (exact) mass is 482 g/mol. The van der Waals surface area contributed by atoms with Crippen LogP contribution in [-0.4, -0.2) is 32.3 Å². The summed E-state index contributed by atoms with van der Waals surface area (Å²) in [5.41, 5.74) is 1.60. The average molecular weight is 483 g/mol. The maximum absolute atomic E-state index is 13.8. The van der Waals surface area contributed by atoms with Crippen molar-refractivity contribution < 1.29 is 13.2 Å². The fourth-order valence-corrected chi connectivity index (χ4v) is 5.98. The number of carbonyl (C=O) groups is 1. The molecule has 3 aromatic carbocycles. The molecule has 1 amide bonds. The van der Waals surface area contributed by atoms with Gasteiger partial charge in [0, 0.05) is 18.7 Å². The fraction of sp³-hybridized carbons (Fsp3) is 0.269. The van der Waals surface area contributed by atoms with E-state index in [2.05, 4.69) is 6.92 Å². The molecule has 33 heavy (non-hydrogen) atoms. The third-order valence-electron chi connectivity index (χ3n) is 5.90. The summed E-state index contributed by atoms with van der Waals surface area (Å²) < 4.78 is 29.0. The van der Waals surface area contributed by atoms with E-state index in [1.54, 1.807) is 36.4 Å². The highest BCUT2D eigenvalue weighted by Crippen LogP contribution is 2.32. The van der Waals surface area contributed by atoms with E-state index in [-0.39, 0.29) is 17.3 Å². The minimum absolute atomic E-state index is 0.0641. The van der Waals surface area contributed by atoms with Gasteiger partial charge in [0.15, 0.2) is 0 Å². The van der Waals surface area contributed by atoms with E-state index in [1.165, 1.54) is 16.4 Å². The molecule has 5 nitrogen and oxygen atoms in total. The van der Waals surface area contributed by atoms with E-state index in [0.29, 0.717) is 35.3 Å². The molecule has 0 aromatic heterocycles. The maximum Gasteiger partial charge on any atom is 0.264 e. The zero-order valence-electron chi connectivity index (χ0n) is 18.5. The molecular weight excluding hydrogens is 456 g/mol. The highest BCUT2D eigenvalue weighted by molar-refractivity contribution is 7.92. The van der Waals surface area contributed by atoms with Crippen molar-refractivity contribution in [3.8, 4) is 0 Å². The molecule has 0 N–H and O–H groups in total. The number of nitrogens with zero attached hydrogens (tertiary/aromatic N) is 2. The number of carbonyl (C=O) groups excluding carboxylic acids is 1. The Bertz CT molecular complexity index is 1230. The maximum atomic E-state index is 13.8. The van der Waals surface area contributed by atoms with Crippen LogP contribution >= 0.6 is 11.6 Å². The molecule has 0 saturated carbocycles. The summed E-state index contributed by atoms with van der Waals surface area (Å²) in [7, 11) is -3.99. The predicted molar refractivity (Wildman–Crippen MR) is 132 cm³/mol. The van der Waals surface area contributed by atoms with Crippen molar-refractivity contribution >= 4 is 33.2 Å². The number of halogens is 1. The van der Waals surface area contributed by atoms with E-state index in [9.17, 15) is 13.2 Å². The first kappa shape index (κ1) is 23.3. The molecular formula is C26H27ClN2O3S. The van der Waals surface area contributed by atoms with E-state index in [4.69, 9.17) is 11.6 Å². The molecule has 1 aliphatic rings. The zero-order valence-corrected chi connectivity index (χ0v) is 20.1. The Balaban J connectivity index is 1.71. The van der Waals surface area contributed by atoms with Crippen molar-refractivity contribution in [2.24, 2.45) is 5.92 Å². The van der Waals surface area contributed by atoms with E-state index >= 15 is 0 Å². The van der Waals surface area contributed by atoms with Gasteiger partial charge in [-0.3, -0.25) is 9.10 Å². The number of benzene rings is 3. The third kappa shape index (κ3) is 5.23. The summed E-state index contributed by atoms with van der Waals surface area (Å²) in [5, 5.41) is 0.339. The SMILES string of the molecule is CC1CCCN(C(=O)c2cccc(S(=O)(=O)N(Cc3ccccc3)c3ccccc3Cl)c2)C1. The van der Waals surface area contributed by atoms with Crippen molar-refractivity contribution in [2.45, 2.75) is 31.2 Å². The first-order valence-electron chi connectivity index (χ1n) is 11.1. The molecule has 0 aliphatic carbocycles. The molecule has 1 aliphatic heterocycles. The fourth-order valence-electron chi connectivity index (χ4n) is 4.18. The van der Waals surface area contributed by atoms with Gasteiger partial charge < -0.3 is 4.90 Å². The Morgan fingerprint density at radius 1 is 1.03 bits per heavy atom. The Kier molecular flexibility index (Phi) is 7.05. The summed E-state index contributed by atoms with van der Waals surface area (Å²) in [4.78, 5) is 15.0. The minimum Gasteiger partial charge on any atom is -0.338 e. The van der Waals surface area contributed by atoms with Gasteiger partial charge in [0.25, 0.3) is 15.9 Å². The number of rotatable bonds is 6. The van der Waals surface area contributed by atoms with Crippen LogP contribution in [-0.2, 0) is 16.6 Å². The molecule has 0 bridgehead atoms.